The van der Waals surface area contributed by atoms with Crippen LogP contribution in [0.3, 0.4) is 0 Å². The van der Waals surface area contributed by atoms with E-state index in [1.165, 1.54) is 0 Å². The Morgan fingerprint density at radius 3 is 2.73 bits per heavy atom. The molecule has 0 aromatic heterocycles. The highest BCUT2D eigenvalue weighted by atomic mass is 35.5. The van der Waals surface area contributed by atoms with Crippen LogP contribution in [0, 0.1) is 0 Å². The smallest absolute Gasteiger partial charge is 0.235 e. The molecule has 1 amide bonds. The van der Waals surface area contributed by atoms with Crippen molar-refractivity contribution >= 4 is 17.5 Å². The molecular formula is C7H12ClNO2. The maximum absolute atomic E-state index is 10.7. The van der Waals surface area contributed by atoms with Crippen LogP contribution in [0.15, 0.2) is 0 Å². The minimum Gasteiger partial charge on any atom is -0.390 e. The van der Waals surface area contributed by atoms with Gasteiger partial charge in [-0.15, -0.1) is 11.6 Å². The molecule has 1 aliphatic rings. The van der Waals surface area contributed by atoms with E-state index in [0.29, 0.717) is 12.8 Å². The maximum atomic E-state index is 10.7. The molecule has 0 saturated heterocycles. The summed E-state index contributed by atoms with van der Waals surface area (Å²) in [6, 6.07) is 0.122. The van der Waals surface area contributed by atoms with E-state index in [0.717, 1.165) is 0 Å². The zero-order valence-corrected chi connectivity index (χ0v) is 7.19. The number of halogens is 1. The molecule has 0 aromatic rings. The molecule has 1 rings (SSSR count). The minimum absolute atomic E-state index is 0.00135. The van der Waals surface area contributed by atoms with Gasteiger partial charge < -0.3 is 10.4 Å². The number of carbonyl (C=O) groups is 1. The number of nitrogens with one attached hydrogen (secondary N) is 1. The van der Waals surface area contributed by atoms with Crippen molar-refractivity contribution in [3.8, 4) is 0 Å². The molecule has 2 N–H and O–H groups in total. The van der Waals surface area contributed by atoms with Crippen LogP contribution in [-0.4, -0.2) is 28.5 Å². The fourth-order valence-corrected chi connectivity index (χ4v) is 1.45. The van der Waals surface area contributed by atoms with Crippen LogP contribution in [0.2, 0.25) is 0 Å². The second kappa shape index (κ2) is 2.99. The molecule has 0 unspecified atom stereocenters. The fourth-order valence-electron chi connectivity index (χ4n) is 1.37. The molecule has 1 aliphatic carbocycles. The first-order valence-corrected chi connectivity index (χ1v) is 4.15. The largest absolute Gasteiger partial charge is 0.390 e. The van der Waals surface area contributed by atoms with Gasteiger partial charge in [0.2, 0.25) is 5.91 Å². The third-order valence-corrected chi connectivity index (χ3v) is 2.10. The van der Waals surface area contributed by atoms with Crippen molar-refractivity contribution in [3.05, 3.63) is 0 Å². The summed E-state index contributed by atoms with van der Waals surface area (Å²) in [5.41, 5.74) is -0.579. The van der Waals surface area contributed by atoms with Gasteiger partial charge in [-0.2, -0.15) is 0 Å². The summed E-state index contributed by atoms with van der Waals surface area (Å²) in [4.78, 5) is 10.7. The highest BCUT2D eigenvalue weighted by Gasteiger charge is 2.38. The van der Waals surface area contributed by atoms with Crippen LogP contribution in [0.25, 0.3) is 0 Å². The Kier molecular flexibility index (Phi) is 2.40. The van der Waals surface area contributed by atoms with Gasteiger partial charge in [-0.25, -0.2) is 0 Å². The maximum Gasteiger partial charge on any atom is 0.235 e. The van der Waals surface area contributed by atoms with Gasteiger partial charge in [0.05, 0.1) is 5.60 Å². The number of amides is 1. The molecule has 64 valence electrons. The first kappa shape index (κ1) is 8.81. The monoisotopic (exact) mass is 177 g/mol. The standard InChI is InChI=1S/C7H12ClNO2/c1-7(11)2-5(3-7)9-6(10)4-8/h5,11H,2-4H2,1H3,(H,9,10). The topological polar surface area (TPSA) is 49.3 Å². The lowest BCUT2D eigenvalue weighted by atomic mass is 9.77. The average Bonchev–Trinajstić information content (AvgIpc) is 1.83. The van der Waals surface area contributed by atoms with Gasteiger partial charge in [-0.05, 0) is 19.8 Å². The zero-order valence-electron chi connectivity index (χ0n) is 6.43. The van der Waals surface area contributed by atoms with E-state index in [4.69, 9.17) is 11.6 Å². The molecule has 0 spiro atoms. The summed E-state index contributed by atoms with van der Waals surface area (Å²) in [5.74, 6) is -0.161. The SMILES string of the molecule is CC1(O)CC(NC(=O)CCl)C1. The van der Waals surface area contributed by atoms with Gasteiger partial charge in [0, 0.05) is 6.04 Å². The molecule has 0 aliphatic heterocycles. The van der Waals surface area contributed by atoms with Gasteiger partial charge in [0.25, 0.3) is 0 Å². The van der Waals surface area contributed by atoms with E-state index < -0.39 is 5.60 Å². The first-order chi connectivity index (χ1) is 5.03. The van der Waals surface area contributed by atoms with Gasteiger partial charge in [0.1, 0.15) is 5.88 Å². The second-order valence-electron chi connectivity index (χ2n) is 3.30. The Hall–Kier alpha value is -0.280. The average molecular weight is 178 g/mol. The Bertz CT molecular complexity index is 162. The number of hydrogen-bond acceptors (Lipinski definition) is 2. The summed E-state index contributed by atoms with van der Waals surface area (Å²) in [5, 5.41) is 12.0. The van der Waals surface area contributed by atoms with E-state index in [-0.39, 0.29) is 17.8 Å². The number of hydrogen-bond donors (Lipinski definition) is 2. The van der Waals surface area contributed by atoms with Gasteiger partial charge in [-0.3, -0.25) is 4.79 Å². The van der Waals surface area contributed by atoms with Crippen molar-refractivity contribution in [1.29, 1.82) is 0 Å². The van der Waals surface area contributed by atoms with E-state index in [9.17, 15) is 9.90 Å². The van der Waals surface area contributed by atoms with E-state index >= 15 is 0 Å². The van der Waals surface area contributed by atoms with Crippen molar-refractivity contribution < 1.29 is 9.90 Å². The molecule has 1 fully saturated rings. The molecule has 1 saturated carbocycles. The van der Waals surface area contributed by atoms with Gasteiger partial charge >= 0.3 is 0 Å². The summed E-state index contributed by atoms with van der Waals surface area (Å²) in [6.07, 6.45) is 1.27. The van der Waals surface area contributed by atoms with Crippen LogP contribution in [0.4, 0.5) is 0 Å². The van der Waals surface area contributed by atoms with Crippen molar-refractivity contribution in [2.24, 2.45) is 0 Å². The van der Waals surface area contributed by atoms with Crippen LogP contribution in [0.5, 0.6) is 0 Å². The molecule has 4 heteroatoms. The Balaban J connectivity index is 2.19. The first-order valence-electron chi connectivity index (χ1n) is 3.61. The van der Waals surface area contributed by atoms with Crippen LogP contribution in [0.1, 0.15) is 19.8 Å². The summed E-state index contributed by atoms with van der Waals surface area (Å²) in [7, 11) is 0. The number of alkyl halides is 1. The highest BCUT2D eigenvalue weighted by molar-refractivity contribution is 6.27. The second-order valence-corrected chi connectivity index (χ2v) is 3.57. The molecule has 0 heterocycles. The zero-order chi connectivity index (χ0) is 8.48. The van der Waals surface area contributed by atoms with E-state index in [1.54, 1.807) is 6.92 Å². The third-order valence-electron chi connectivity index (χ3n) is 1.86. The number of carbonyl (C=O) groups excluding carboxylic acids is 1. The normalized spacial score (nSPS) is 36.1. The Labute approximate surface area is 70.7 Å². The van der Waals surface area contributed by atoms with E-state index in [1.807, 2.05) is 0 Å². The van der Waals surface area contributed by atoms with Crippen molar-refractivity contribution in [1.82, 2.24) is 5.32 Å². The molecule has 0 atom stereocenters. The van der Waals surface area contributed by atoms with Crippen molar-refractivity contribution in [3.63, 3.8) is 0 Å². The predicted octanol–water partition coefficient (Wildman–Crippen LogP) is 0.255. The third kappa shape index (κ3) is 2.34. The van der Waals surface area contributed by atoms with Crippen LogP contribution < -0.4 is 5.32 Å². The lowest BCUT2D eigenvalue weighted by molar-refractivity contribution is -0.122. The molecule has 11 heavy (non-hydrogen) atoms. The molecular weight excluding hydrogens is 166 g/mol. The molecule has 0 aromatic carbocycles. The Morgan fingerprint density at radius 2 is 2.36 bits per heavy atom. The summed E-state index contributed by atoms with van der Waals surface area (Å²) >= 11 is 5.27. The van der Waals surface area contributed by atoms with Crippen molar-refractivity contribution in [2.45, 2.75) is 31.4 Å². The number of aliphatic hydroxyl groups is 1. The van der Waals surface area contributed by atoms with Crippen LogP contribution in [-0.2, 0) is 4.79 Å². The van der Waals surface area contributed by atoms with Crippen LogP contribution >= 0.6 is 11.6 Å². The molecule has 0 radical (unpaired) electrons. The minimum atomic E-state index is -0.579. The highest BCUT2D eigenvalue weighted by Crippen LogP contribution is 2.31. The fraction of sp³-hybridized carbons (Fsp3) is 0.857. The van der Waals surface area contributed by atoms with Gasteiger partial charge in [-0.1, -0.05) is 0 Å². The van der Waals surface area contributed by atoms with Crippen molar-refractivity contribution in [2.75, 3.05) is 5.88 Å². The predicted molar refractivity (Wildman–Crippen MR) is 42.5 cm³/mol. The summed E-state index contributed by atoms with van der Waals surface area (Å²) < 4.78 is 0. The number of rotatable bonds is 2. The van der Waals surface area contributed by atoms with Gasteiger partial charge in [0.15, 0.2) is 0 Å². The van der Waals surface area contributed by atoms with E-state index in [2.05, 4.69) is 5.32 Å². The quantitative estimate of drug-likeness (QED) is 0.595. The lowest BCUT2D eigenvalue weighted by Crippen LogP contribution is -2.53. The Morgan fingerprint density at radius 1 is 1.82 bits per heavy atom. The molecule has 3 nitrogen and oxygen atoms in total. The molecule has 0 bridgehead atoms. The summed E-state index contributed by atoms with van der Waals surface area (Å²) in [6.45, 7) is 1.76. The lowest BCUT2D eigenvalue weighted by Gasteiger charge is -2.41.